The summed E-state index contributed by atoms with van der Waals surface area (Å²) in [4.78, 5) is 8.37. The van der Waals surface area contributed by atoms with Crippen LogP contribution in [0.4, 0.5) is 0 Å². The summed E-state index contributed by atoms with van der Waals surface area (Å²) in [5, 5.41) is 12.2. The van der Waals surface area contributed by atoms with Gasteiger partial charge in [0, 0.05) is 30.1 Å². The van der Waals surface area contributed by atoms with Crippen molar-refractivity contribution in [2.24, 2.45) is 0 Å². The first-order valence-electron chi connectivity index (χ1n) is 6.58. The molecule has 0 saturated carbocycles. The normalized spacial score (nSPS) is 11.0. The quantitative estimate of drug-likeness (QED) is 0.473. The van der Waals surface area contributed by atoms with Gasteiger partial charge in [-0.05, 0) is 24.8 Å². The van der Waals surface area contributed by atoms with Crippen molar-refractivity contribution in [2.45, 2.75) is 21.5 Å². The largest absolute Gasteiger partial charge is 0.339 e. The number of pyridine rings is 1. The molecule has 0 spiro atoms. The zero-order valence-electron chi connectivity index (χ0n) is 11.8. The number of thioether (sulfide) groups is 2. The van der Waals surface area contributed by atoms with Crippen molar-refractivity contribution in [2.75, 3.05) is 12.0 Å². The van der Waals surface area contributed by atoms with Crippen molar-refractivity contribution in [1.82, 2.24) is 25.3 Å². The monoisotopic (exact) mass is 351 g/mol. The van der Waals surface area contributed by atoms with Crippen molar-refractivity contribution in [3.63, 3.8) is 0 Å². The lowest BCUT2D eigenvalue weighted by atomic mass is 10.2. The van der Waals surface area contributed by atoms with Gasteiger partial charge in [0.05, 0.1) is 0 Å². The standard InChI is InChI=1S/C13H13N5OS3/c1-20-12-16-17-13(22-12)21-8-2-3-10-15-11(18-19-10)9-4-6-14-7-5-9/h4-7H,2-3,8H2,1H3. The summed E-state index contributed by atoms with van der Waals surface area (Å²) in [6.07, 6.45) is 7.15. The van der Waals surface area contributed by atoms with Crippen molar-refractivity contribution >= 4 is 34.9 Å². The Balaban J connectivity index is 1.47. The third-order valence-electron chi connectivity index (χ3n) is 2.73. The zero-order valence-corrected chi connectivity index (χ0v) is 14.2. The van der Waals surface area contributed by atoms with Crippen LogP contribution in [0.1, 0.15) is 12.3 Å². The molecule has 3 aromatic rings. The van der Waals surface area contributed by atoms with Crippen molar-refractivity contribution < 1.29 is 4.52 Å². The molecule has 0 aliphatic rings. The molecule has 0 saturated heterocycles. The number of hydrogen-bond acceptors (Lipinski definition) is 9. The predicted molar refractivity (Wildman–Crippen MR) is 88.3 cm³/mol. The van der Waals surface area contributed by atoms with Crippen LogP contribution >= 0.6 is 34.9 Å². The highest BCUT2D eigenvalue weighted by Gasteiger charge is 2.09. The van der Waals surface area contributed by atoms with E-state index in [9.17, 15) is 0 Å². The molecule has 3 rings (SSSR count). The third-order valence-corrected chi connectivity index (χ3v) is 5.85. The van der Waals surface area contributed by atoms with Gasteiger partial charge in [-0.2, -0.15) is 4.98 Å². The smallest absolute Gasteiger partial charge is 0.226 e. The van der Waals surface area contributed by atoms with E-state index in [1.165, 1.54) is 0 Å². The van der Waals surface area contributed by atoms with Gasteiger partial charge in [0.25, 0.3) is 0 Å². The highest BCUT2D eigenvalue weighted by Crippen LogP contribution is 2.27. The van der Waals surface area contributed by atoms with Gasteiger partial charge in [-0.15, -0.1) is 10.2 Å². The molecular weight excluding hydrogens is 338 g/mol. The summed E-state index contributed by atoms with van der Waals surface area (Å²) in [5.74, 6) is 2.23. The molecule has 0 atom stereocenters. The number of hydrogen-bond donors (Lipinski definition) is 0. The number of aryl methyl sites for hydroxylation is 1. The van der Waals surface area contributed by atoms with E-state index in [1.54, 1.807) is 47.3 Å². The zero-order chi connectivity index (χ0) is 15.2. The van der Waals surface area contributed by atoms with Gasteiger partial charge in [0.15, 0.2) is 8.68 Å². The highest BCUT2D eigenvalue weighted by molar-refractivity contribution is 8.02. The van der Waals surface area contributed by atoms with E-state index in [4.69, 9.17) is 4.52 Å². The lowest BCUT2D eigenvalue weighted by Crippen LogP contribution is -1.88. The summed E-state index contributed by atoms with van der Waals surface area (Å²) < 4.78 is 7.28. The Morgan fingerprint density at radius 2 is 2.00 bits per heavy atom. The molecule has 0 fully saturated rings. The number of nitrogens with zero attached hydrogens (tertiary/aromatic N) is 5. The first kappa shape index (κ1) is 15.4. The van der Waals surface area contributed by atoms with E-state index in [0.29, 0.717) is 11.7 Å². The summed E-state index contributed by atoms with van der Waals surface area (Å²) in [5.41, 5.74) is 0.915. The minimum Gasteiger partial charge on any atom is -0.339 e. The average molecular weight is 351 g/mol. The Morgan fingerprint density at radius 1 is 1.18 bits per heavy atom. The van der Waals surface area contributed by atoms with Crippen molar-refractivity contribution in [3.05, 3.63) is 30.4 Å². The van der Waals surface area contributed by atoms with E-state index in [1.807, 2.05) is 18.4 Å². The van der Waals surface area contributed by atoms with Crippen LogP contribution in [-0.4, -0.2) is 37.3 Å². The minimum atomic E-state index is 0.610. The summed E-state index contributed by atoms with van der Waals surface area (Å²) >= 11 is 4.96. The summed E-state index contributed by atoms with van der Waals surface area (Å²) in [6.45, 7) is 0. The molecule has 0 aliphatic heterocycles. The number of rotatable bonds is 7. The molecule has 0 radical (unpaired) electrons. The van der Waals surface area contributed by atoms with Crippen LogP contribution in [0, 0.1) is 0 Å². The van der Waals surface area contributed by atoms with Crippen LogP contribution in [0.15, 0.2) is 37.7 Å². The Morgan fingerprint density at radius 3 is 2.77 bits per heavy atom. The molecule has 0 unspecified atom stereocenters. The van der Waals surface area contributed by atoms with E-state index < -0.39 is 0 Å². The van der Waals surface area contributed by atoms with E-state index >= 15 is 0 Å². The molecule has 0 N–H and O–H groups in total. The van der Waals surface area contributed by atoms with Gasteiger partial charge < -0.3 is 4.52 Å². The van der Waals surface area contributed by atoms with Gasteiger partial charge in [-0.3, -0.25) is 4.98 Å². The Hall–Kier alpha value is -1.45. The molecule has 0 bridgehead atoms. The fourth-order valence-corrected chi connectivity index (χ4v) is 4.14. The van der Waals surface area contributed by atoms with Crippen molar-refractivity contribution in [1.29, 1.82) is 0 Å². The second-order valence-corrected chi connectivity index (χ2v) is 7.61. The second-order valence-electron chi connectivity index (χ2n) is 4.24. The SMILES string of the molecule is CSc1nnc(SCCCc2nc(-c3ccncc3)no2)s1. The van der Waals surface area contributed by atoms with Crippen LogP contribution in [0.3, 0.4) is 0 Å². The maximum absolute atomic E-state index is 5.27. The fraction of sp³-hybridized carbons (Fsp3) is 0.308. The first-order valence-corrected chi connectivity index (χ1v) is 9.61. The van der Waals surface area contributed by atoms with Gasteiger partial charge in [0.1, 0.15) is 0 Å². The maximum atomic E-state index is 5.27. The molecule has 0 aliphatic carbocycles. The second kappa shape index (κ2) is 7.70. The Bertz CT molecular complexity index is 715. The highest BCUT2D eigenvalue weighted by atomic mass is 32.2. The average Bonchev–Trinajstić information content (AvgIpc) is 3.22. The first-order chi connectivity index (χ1) is 10.8. The Kier molecular flexibility index (Phi) is 5.41. The maximum Gasteiger partial charge on any atom is 0.226 e. The van der Waals surface area contributed by atoms with Gasteiger partial charge in [0.2, 0.25) is 11.7 Å². The molecule has 0 aromatic carbocycles. The molecule has 9 heteroatoms. The summed E-state index contributed by atoms with van der Waals surface area (Å²) in [7, 11) is 0. The molecule has 6 nitrogen and oxygen atoms in total. The van der Waals surface area contributed by atoms with Crippen LogP contribution in [0.2, 0.25) is 0 Å². The Labute approximate surface area is 140 Å². The topological polar surface area (TPSA) is 77.6 Å². The predicted octanol–water partition coefficient (Wildman–Crippen LogP) is 3.43. The molecule has 3 heterocycles. The minimum absolute atomic E-state index is 0.610. The van der Waals surface area contributed by atoms with Crippen LogP contribution in [0.25, 0.3) is 11.4 Å². The fourth-order valence-electron chi connectivity index (χ4n) is 1.70. The third kappa shape index (κ3) is 4.05. The van der Waals surface area contributed by atoms with Crippen molar-refractivity contribution in [3.8, 4) is 11.4 Å². The lowest BCUT2D eigenvalue weighted by Gasteiger charge is -1.94. The molecule has 0 amide bonds. The van der Waals surface area contributed by atoms with E-state index in [2.05, 4.69) is 25.3 Å². The van der Waals surface area contributed by atoms with Crippen LogP contribution < -0.4 is 0 Å². The van der Waals surface area contributed by atoms with Gasteiger partial charge in [-0.25, -0.2) is 0 Å². The van der Waals surface area contributed by atoms with E-state index in [-0.39, 0.29) is 0 Å². The number of aromatic nitrogens is 5. The lowest BCUT2D eigenvalue weighted by molar-refractivity contribution is 0.378. The molecule has 22 heavy (non-hydrogen) atoms. The van der Waals surface area contributed by atoms with Gasteiger partial charge >= 0.3 is 0 Å². The van der Waals surface area contributed by atoms with Crippen LogP contribution in [0.5, 0.6) is 0 Å². The van der Waals surface area contributed by atoms with Crippen LogP contribution in [-0.2, 0) is 6.42 Å². The molecular formula is C13H13N5OS3. The molecule has 3 aromatic heterocycles. The molecule has 114 valence electrons. The van der Waals surface area contributed by atoms with E-state index in [0.717, 1.165) is 32.8 Å². The summed E-state index contributed by atoms with van der Waals surface area (Å²) in [6, 6.07) is 3.73. The van der Waals surface area contributed by atoms with Gasteiger partial charge in [-0.1, -0.05) is 40.0 Å².